The number of likely N-dealkylation sites (tertiary alicyclic amines) is 1. The first-order valence-electron chi connectivity index (χ1n) is 14.1. The van der Waals surface area contributed by atoms with E-state index in [1.807, 2.05) is 18.2 Å². The van der Waals surface area contributed by atoms with Crippen LogP contribution in [0.15, 0.2) is 60.7 Å². The Hall–Kier alpha value is -2.97. The molecular weight excluding hydrogens is 531 g/mol. The predicted molar refractivity (Wildman–Crippen MR) is 152 cm³/mol. The van der Waals surface area contributed by atoms with Gasteiger partial charge in [0.25, 0.3) is 5.91 Å². The van der Waals surface area contributed by atoms with Crippen molar-refractivity contribution in [1.29, 1.82) is 0 Å². The summed E-state index contributed by atoms with van der Waals surface area (Å²) < 4.78 is 25.2. The topological polar surface area (TPSA) is 71.0 Å². The number of hydrogen-bond donors (Lipinski definition) is 2. The maximum Gasteiger partial charge on any atom is 0.254 e. The van der Waals surface area contributed by atoms with Crippen LogP contribution in [0, 0.1) is 5.82 Å². The van der Waals surface area contributed by atoms with Crippen molar-refractivity contribution in [2.45, 2.75) is 56.5 Å². The van der Waals surface area contributed by atoms with E-state index >= 15 is 0 Å². The summed E-state index contributed by atoms with van der Waals surface area (Å²) in [6.45, 7) is 2.80. The van der Waals surface area contributed by atoms with E-state index in [1.165, 1.54) is 12.1 Å². The summed E-state index contributed by atoms with van der Waals surface area (Å²) >= 11 is 6.50. The molecule has 1 saturated carbocycles. The lowest BCUT2D eigenvalue weighted by molar-refractivity contribution is -0.136. The Kier molecular flexibility index (Phi) is 8.08. The number of amides is 1. The largest absolute Gasteiger partial charge is 0.489 e. The van der Waals surface area contributed by atoms with E-state index in [2.05, 4.69) is 16.3 Å². The zero-order chi connectivity index (χ0) is 27.6. The van der Waals surface area contributed by atoms with Crippen molar-refractivity contribution in [1.82, 2.24) is 10.2 Å². The van der Waals surface area contributed by atoms with Crippen LogP contribution in [0.1, 0.15) is 54.6 Å². The highest BCUT2D eigenvalue weighted by molar-refractivity contribution is 6.32. The molecule has 2 fully saturated rings. The normalized spacial score (nSPS) is 20.5. The van der Waals surface area contributed by atoms with E-state index < -0.39 is 18.2 Å². The molecule has 1 saturated heterocycles. The molecular formula is C32H34ClFN2O4. The maximum atomic E-state index is 13.7. The zero-order valence-electron chi connectivity index (χ0n) is 22.3. The number of aliphatic hydroxyl groups is 1. The van der Waals surface area contributed by atoms with Crippen molar-refractivity contribution in [3.63, 3.8) is 0 Å². The van der Waals surface area contributed by atoms with Gasteiger partial charge in [-0.3, -0.25) is 4.79 Å². The SMILES string of the molecule is O=C(NC(CN1CCCC1)C(O)c1ccc(OC2CC2)c(Cl)c1)C1OCCc2cc(-c3ccc(F)cc3)ccc21. The Morgan fingerprint density at radius 3 is 2.55 bits per heavy atom. The Balaban J connectivity index is 1.21. The molecule has 6 nitrogen and oxygen atoms in total. The molecule has 0 bridgehead atoms. The fourth-order valence-electron chi connectivity index (χ4n) is 5.61. The second-order valence-electron chi connectivity index (χ2n) is 11.0. The van der Waals surface area contributed by atoms with E-state index in [4.69, 9.17) is 21.1 Å². The highest BCUT2D eigenvalue weighted by Crippen LogP contribution is 2.35. The molecule has 3 unspecified atom stereocenters. The summed E-state index contributed by atoms with van der Waals surface area (Å²) in [5.41, 5.74) is 4.36. The van der Waals surface area contributed by atoms with Crippen LogP contribution in [0.5, 0.6) is 5.75 Å². The fourth-order valence-corrected chi connectivity index (χ4v) is 5.85. The molecule has 0 radical (unpaired) electrons. The monoisotopic (exact) mass is 564 g/mol. The number of ether oxygens (including phenoxy) is 2. The van der Waals surface area contributed by atoms with Crippen LogP contribution in [0.2, 0.25) is 5.02 Å². The number of benzene rings is 3. The number of rotatable bonds is 9. The van der Waals surface area contributed by atoms with Gasteiger partial charge < -0.3 is 24.8 Å². The molecule has 8 heteroatoms. The standard InChI is InChI=1S/C32H34ClFN2O4/c33-27-18-23(6-12-29(27)40-25-9-10-25)30(37)28(19-36-14-1-2-15-36)35-32(38)31-26-11-5-21(17-22(26)13-16-39-31)20-3-7-24(34)8-4-20/h3-8,11-12,17-18,25,28,30-31,37H,1-2,9-10,13-16,19H2,(H,35,38). The molecule has 0 spiro atoms. The number of fused-ring (bicyclic) bond motifs is 1. The Morgan fingerprint density at radius 1 is 1.07 bits per heavy atom. The summed E-state index contributed by atoms with van der Waals surface area (Å²) in [6, 6.07) is 17.1. The average molecular weight is 565 g/mol. The lowest BCUT2D eigenvalue weighted by Crippen LogP contribution is -2.48. The smallest absolute Gasteiger partial charge is 0.254 e. The van der Waals surface area contributed by atoms with Crippen LogP contribution in [-0.4, -0.2) is 54.3 Å². The molecule has 3 aromatic carbocycles. The highest BCUT2D eigenvalue weighted by Gasteiger charge is 2.33. The van der Waals surface area contributed by atoms with E-state index in [0.717, 1.165) is 61.0 Å². The Labute approximate surface area is 239 Å². The van der Waals surface area contributed by atoms with E-state index in [0.29, 0.717) is 35.9 Å². The van der Waals surface area contributed by atoms with Gasteiger partial charge in [-0.1, -0.05) is 48.0 Å². The molecule has 3 aromatic rings. The van der Waals surface area contributed by atoms with E-state index in [1.54, 1.807) is 24.3 Å². The van der Waals surface area contributed by atoms with E-state index in [-0.39, 0.29) is 17.8 Å². The molecule has 3 aliphatic rings. The van der Waals surface area contributed by atoms with Gasteiger partial charge >= 0.3 is 0 Å². The van der Waals surface area contributed by atoms with Crippen molar-refractivity contribution >= 4 is 17.5 Å². The number of aliphatic hydroxyl groups excluding tert-OH is 1. The van der Waals surface area contributed by atoms with Gasteiger partial charge in [-0.15, -0.1) is 0 Å². The predicted octanol–water partition coefficient (Wildman–Crippen LogP) is 5.62. The van der Waals surface area contributed by atoms with Crippen LogP contribution in [0.3, 0.4) is 0 Å². The molecule has 0 aromatic heterocycles. The third-order valence-corrected chi connectivity index (χ3v) is 8.27. The van der Waals surface area contributed by atoms with Crippen molar-refractivity contribution < 1.29 is 23.8 Å². The number of nitrogens with zero attached hydrogens (tertiary/aromatic N) is 1. The number of carbonyl (C=O) groups excluding carboxylic acids is 1. The molecule has 2 heterocycles. The zero-order valence-corrected chi connectivity index (χ0v) is 23.1. The van der Waals surface area contributed by atoms with Gasteiger partial charge in [0.2, 0.25) is 0 Å². The molecule has 1 aliphatic carbocycles. The van der Waals surface area contributed by atoms with Crippen molar-refractivity contribution in [3.05, 3.63) is 88.2 Å². The highest BCUT2D eigenvalue weighted by atomic mass is 35.5. The summed E-state index contributed by atoms with van der Waals surface area (Å²) in [5.74, 6) is 0.0632. The van der Waals surface area contributed by atoms with Gasteiger partial charge in [0, 0.05) is 6.54 Å². The Bertz CT molecular complexity index is 1360. The quantitative estimate of drug-likeness (QED) is 0.353. The number of halogens is 2. The van der Waals surface area contributed by atoms with Gasteiger partial charge in [-0.25, -0.2) is 4.39 Å². The molecule has 2 aliphatic heterocycles. The van der Waals surface area contributed by atoms with Crippen LogP contribution < -0.4 is 10.1 Å². The minimum absolute atomic E-state index is 0.223. The van der Waals surface area contributed by atoms with Crippen molar-refractivity contribution in [2.75, 3.05) is 26.2 Å². The lowest BCUT2D eigenvalue weighted by atomic mass is 9.92. The summed E-state index contributed by atoms with van der Waals surface area (Å²) in [7, 11) is 0. The Morgan fingerprint density at radius 2 is 1.82 bits per heavy atom. The lowest BCUT2D eigenvalue weighted by Gasteiger charge is -2.32. The summed E-state index contributed by atoms with van der Waals surface area (Å²) in [6.07, 6.45) is 3.44. The van der Waals surface area contributed by atoms with Gasteiger partial charge in [0.1, 0.15) is 17.7 Å². The second-order valence-corrected chi connectivity index (χ2v) is 11.4. The molecule has 40 heavy (non-hydrogen) atoms. The molecule has 6 rings (SSSR count). The first-order chi connectivity index (χ1) is 19.4. The van der Waals surface area contributed by atoms with Crippen LogP contribution in [0.25, 0.3) is 11.1 Å². The van der Waals surface area contributed by atoms with Crippen LogP contribution >= 0.6 is 11.6 Å². The van der Waals surface area contributed by atoms with Gasteiger partial charge in [-0.05, 0) is 97.3 Å². The minimum Gasteiger partial charge on any atom is -0.489 e. The number of nitrogens with one attached hydrogen (secondary N) is 1. The maximum absolute atomic E-state index is 13.7. The van der Waals surface area contributed by atoms with Gasteiger partial charge in [-0.2, -0.15) is 0 Å². The third-order valence-electron chi connectivity index (χ3n) is 7.97. The number of carbonyl (C=O) groups is 1. The van der Waals surface area contributed by atoms with Crippen LogP contribution in [0.4, 0.5) is 4.39 Å². The fraction of sp³-hybridized carbons (Fsp3) is 0.406. The molecule has 2 N–H and O–H groups in total. The third kappa shape index (κ3) is 6.18. The molecule has 3 atom stereocenters. The second kappa shape index (κ2) is 11.9. The van der Waals surface area contributed by atoms with Gasteiger partial charge in [0.15, 0.2) is 6.10 Å². The first-order valence-corrected chi connectivity index (χ1v) is 14.5. The summed E-state index contributed by atoms with van der Waals surface area (Å²) in [5, 5.41) is 15.0. The van der Waals surface area contributed by atoms with Crippen molar-refractivity contribution in [3.8, 4) is 16.9 Å². The summed E-state index contributed by atoms with van der Waals surface area (Å²) in [4.78, 5) is 15.9. The van der Waals surface area contributed by atoms with Crippen molar-refractivity contribution in [2.24, 2.45) is 0 Å². The van der Waals surface area contributed by atoms with Gasteiger partial charge in [0.05, 0.1) is 23.8 Å². The minimum atomic E-state index is -0.957. The van der Waals surface area contributed by atoms with Crippen LogP contribution in [-0.2, 0) is 16.0 Å². The first kappa shape index (κ1) is 27.2. The number of hydrogen-bond acceptors (Lipinski definition) is 5. The van der Waals surface area contributed by atoms with E-state index in [9.17, 15) is 14.3 Å². The molecule has 210 valence electrons. The average Bonchev–Trinajstić information content (AvgIpc) is 3.64. The molecule has 1 amide bonds.